The van der Waals surface area contributed by atoms with Gasteiger partial charge in [-0.1, -0.05) is 66.7 Å². The molecule has 0 aromatic heterocycles. The van der Waals surface area contributed by atoms with Gasteiger partial charge in [0.05, 0.1) is 0 Å². The Labute approximate surface area is 116 Å². The maximum atomic E-state index is 6.20. The lowest BCUT2D eigenvalue weighted by atomic mass is 9.83. The van der Waals surface area contributed by atoms with Gasteiger partial charge in [0.25, 0.3) is 0 Å². The van der Waals surface area contributed by atoms with Crippen molar-refractivity contribution < 1.29 is 0 Å². The Bertz CT molecular complexity index is 181. The van der Waals surface area contributed by atoms with E-state index in [1.165, 1.54) is 57.8 Å². The van der Waals surface area contributed by atoms with Crippen molar-refractivity contribution in [3.05, 3.63) is 0 Å². The maximum absolute atomic E-state index is 6.20. The molecule has 0 aliphatic carbocycles. The van der Waals surface area contributed by atoms with Gasteiger partial charge in [-0.15, -0.1) is 0 Å². The van der Waals surface area contributed by atoms with Crippen LogP contribution in [0.4, 0.5) is 0 Å². The highest BCUT2D eigenvalue weighted by Gasteiger charge is 2.15. The van der Waals surface area contributed by atoms with Gasteiger partial charge in [0, 0.05) is 6.04 Å². The topological polar surface area (TPSA) is 26.0 Å². The van der Waals surface area contributed by atoms with E-state index in [1.54, 1.807) is 0 Å². The molecule has 0 aliphatic heterocycles. The van der Waals surface area contributed by atoms with E-state index in [4.69, 9.17) is 5.73 Å². The zero-order chi connectivity index (χ0) is 14.0. The summed E-state index contributed by atoms with van der Waals surface area (Å²) in [7, 11) is 0. The molecule has 2 N–H and O–H groups in total. The molecule has 110 valence electrons. The Morgan fingerprint density at radius 3 is 2.06 bits per heavy atom. The number of unbranched alkanes of at least 4 members (excludes halogenated alkanes) is 4. The van der Waals surface area contributed by atoms with Crippen LogP contribution in [0.5, 0.6) is 0 Å². The summed E-state index contributed by atoms with van der Waals surface area (Å²) in [6.45, 7) is 11.6. The van der Waals surface area contributed by atoms with E-state index >= 15 is 0 Å². The first-order valence-corrected chi connectivity index (χ1v) is 8.10. The molecule has 1 heteroatoms. The molecule has 0 spiro atoms. The van der Waals surface area contributed by atoms with Crippen LogP contribution in [0.3, 0.4) is 0 Å². The first-order valence-electron chi connectivity index (χ1n) is 8.10. The minimum absolute atomic E-state index is 0.439. The largest absolute Gasteiger partial charge is 0.328 e. The monoisotopic (exact) mass is 255 g/mol. The first kappa shape index (κ1) is 18.0. The zero-order valence-electron chi connectivity index (χ0n) is 13.6. The van der Waals surface area contributed by atoms with Crippen LogP contribution in [0.1, 0.15) is 92.4 Å². The SMILES string of the molecule is CCCCCCCC(N)CCC(C)CC(C)(C)C. The molecule has 0 fully saturated rings. The Morgan fingerprint density at radius 1 is 0.889 bits per heavy atom. The van der Waals surface area contributed by atoms with Gasteiger partial charge in [-0.2, -0.15) is 0 Å². The van der Waals surface area contributed by atoms with Gasteiger partial charge in [-0.3, -0.25) is 0 Å². The normalized spacial score (nSPS) is 15.7. The van der Waals surface area contributed by atoms with Crippen LogP contribution in [-0.4, -0.2) is 6.04 Å². The Morgan fingerprint density at radius 2 is 1.50 bits per heavy atom. The predicted octanol–water partition coefficient (Wildman–Crippen LogP) is 5.53. The van der Waals surface area contributed by atoms with Crippen molar-refractivity contribution in [1.29, 1.82) is 0 Å². The predicted molar refractivity (Wildman–Crippen MR) is 83.8 cm³/mol. The van der Waals surface area contributed by atoms with Crippen LogP contribution in [0, 0.1) is 11.3 Å². The second-order valence-corrected chi connectivity index (χ2v) is 7.41. The summed E-state index contributed by atoms with van der Waals surface area (Å²) >= 11 is 0. The Hall–Kier alpha value is -0.0400. The van der Waals surface area contributed by atoms with E-state index in [0.717, 1.165) is 5.92 Å². The van der Waals surface area contributed by atoms with Crippen molar-refractivity contribution in [3.8, 4) is 0 Å². The molecule has 0 saturated carbocycles. The number of nitrogens with two attached hydrogens (primary N) is 1. The van der Waals surface area contributed by atoms with Crippen LogP contribution in [-0.2, 0) is 0 Å². The van der Waals surface area contributed by atoms with Gasteiger partial charge >= 0.3 is 0 Å². The third kappa shape index (κ3) is 12.4. The molecule has 2 unspecified atom stereocenters. The Balaban J connectivity index is 3.49. The average Bonchev–Trinajstić information content (AvgIpc) is 2.24. The van der Waals surface area contributed by atoms with Crippen molar-refractivity contribution in [2.45, 2.75) is 98.4 Å². The molecule has 1 nitrogen and oxygen atoms in total. The number of rotatable bonds is 10. The van der Waals surface area contributed by atoms with Crippen LogP contribution < -0.4 is 5.73 Å². The first-order chi connectivity index (χ1) is 8.35. The van der Waals surface area contributed by atoms with Crippen molar-refractivity contribution in [3.63, 3.8) is 0 Å². The average molecular weight is 255 g/mol. The highest BCUT2D eigenvalue weighted by Crippen LogP contribution is 2.27. The molecule has 0 rings (SSSR count). The van der Waals surface area contributed by atoms with Crippen molar-refractivity contribution in [2.24, 2.45) is 17.1 Å². The molecule has 0 aromatic rings. The third-order valence-corrected chi connectivity index (χ3v) is 3.67. The molecule has 0 radical (unpaired) electrons. The van der Waals surface area contributed by atoms with Crippen LogP contribution in [0.25, 0.3) is 0 Å². The molecular formula is C17H37N. The molecule has 0 aromatic carbocycles. The molecule has 0 aliphatic rings. The number of hydrogen-bond donors (Lipinski definition) is 1. The van der Waals surface area contributed by atoms with E-state index < -0.39 is 0 Å². The third-order valence-electron chi connectivity index (χ3n) is 3.67. The van der Waals surface area contributed by atoms with Gasteiger partial charge < -0.3 is 5.73 Å². The highest BCUT2D eigenvalue weighted by molar-refractivity contribution is 4.69. The standard InChI is InChI=1S/C17H37N/c1-6-7-8-9-10-11-16(18)13-12-15(2)14-17(3,4)5/h15-16H,6-14,18H2,1-5H3. The zero-order valence-corrected chi connectivity index (χ0v) is 13.6. The molecule has 18 heavy (non-hydrogen) atoms. The molecular weight excluding hydrogens is 218 g/mol. The fraction of sp³-hybridized carbons (Fsp3) is 1.00. The van der Waals surface area contributed by atoms with Crippen molar-refractivity contribution >= 4 is 0 Å². The summed E-state index contributed by atoms with van der Waals surface area (Å²) in [5.74, 6) is 0.816. The quantitative estimate of drug-likeness (QED) is 0.511. The molecule has 2 atom stereocenters. The second kappa shape index (κ2) is 9.83. The Kier molecular flexibility index (Phi) is 9.81. The van der Waals surface area contributed by atoms with E-state index in [1.807, 2.05) is 0 Å². The van der Waals surface area contributed by atoms with E-state index in [0.29, 0.717) is 11.5 Å². The lowest BCUT2D eigenvalue weighted by Gasteiger charge is -2.24. The van der Waals surface area contributed by atoms with Gasteiger partial charge in [0.1, 0.15) is 0 Å². The van der Waals surface area contributed by atoms with Crippen LogP contribution >= 0.6 is 0 Å². The highest BCUT2D eigenvalue weighted by atomic mass is 14.6. The number of hydrogen-bond acceptors (Lipinski definition) is 1. The van der Waals surface area contributed by atoms with Gasteiger partial charge in [-0.25, -0.2) is 0 Å². The van der Waals surface area contributed by atoms with Crippen molar-refractivity contribution in [2.75, 3.05) is 0 Å². The smallest absolute Gasteiger partial charge is 0.00389 e. The summed E-state index contributed by atoms with van der Waals surface area (Å²) in [4.78, 5) is 0. The summed E-state index contributed by atoms with van der Waals surface area (Å²) < 4.78 is 0. The molecule has 0 bridgehead atoms. The summed E-state index contributed by atoms with van der Waals surface area (Å²) in [5, 5.41) is 0. The summed E-state index contributed by atoms with van der Waals surface area (Å²) in [5.41, 5.74) is 6.66. The second-order valence-electron chi connectivity index (χ2n) is 7.41. The van der Waals surface area contributed by atoms with E-state index in [9.17, 15) is 0 Å². The molecule has 0 heterocycles. The molecule has 0 saturated heterocycles. The minimum atomic E-state index is 0.439. The van der Waals surface area contributed by atoms with Gasteiger partial charge in [-0.05, 0) is 37.0 Å². The molecule has 0 amide bonds. The summed E-state index contributed by atoms with van der Waals surface area (Å²) in [6.07, 6.45) is 11.9. The maximum Gasteiger partial charge on any atom is 0.00389 e. The van der Waals surface area contributed by atoms with E-state index in [2.05, 4.69) is 34.6 Å². The van der Waals surface area contributed by atoms with Gasteiger partial charge in [0.15, 0.2) is 0 Å². The summed E-state index contributed by atoms with van der Waals surface area (Å²) in [6, 6.07) is 0.439. The van der Waals surface area contributed by atoms with Crippen LogP contribution in [0.15, 0.2) is 0 Å². The fourth-order valence-electron chi connectivity index (χ4n) is 2.80. The fourth-order valence-corrected chi connectivity index (χ4v) is 2.80. The minimum Gasteiger partial charge on any atom is -0.328 e. The lowest BCUT2D eigenvalue weighted by Crippen LogP contribution is -2.21. The van der Waals surface area contributed by atoms with Gasteiger partial charge in [0.2, 0.25) is 0 Å². The van der Waals surface area contributed by atoms with E-state index in [-0.39, 0.29) is 0 Å². The van der Waals surface area contributed by atoms with Crippen molar-refractivity contribution in [1.82, 2.24) is 0 Å². The van der Waals surface area contributed by atoms with Crippen LogP contribution in [0.2, 0.25) is 0 Å². The lowest BCUT2D eigenvalue weighted by molar-refractivity contribution is 0.287.